The van der Waals surface area contributed by atoms with Gasteiger partial charge in [0.05, 0.1) is 6.61 Å². The average molecular weight is 441 g/mol. The maximum Gasteiger partial charge on any atom is 0.191 e. The van der Waals surface area contributed by atoms with Crippen molar-refractivity contribution in [3.63, 3.8) is 0 Å². The molecule has 0 saturated heterocycles. The predicted molar refractivity (Wildman–Crippen MR) is 108 cm³/mol. The van der Waals surface area contributed by atoms with E-state index in [4.69, 9.17) is 9.47 Å². The molecule has 2 aromatic rings. The zero-order valence-corrected chi connectivity index (χ0v) is 16.3. The number of halogens is 1. The molecule has 0 aliphatic carbocycles. The third-order valence-electron chi connectivity index (χ3n) is 3.16. The van der Waals surface area contributed by atoms with E-state index in [0.717, 1.165) is 23.0 Å². The van der Waals surface area contributed by atoms with Gasteiger partial charge in [0.1, 0.15) is 11.5 Å². The molecule has 0 radical (unpaired) electrons. The molecular formula is C18H24IN3O2. The van der Waals surface area contributed by atoms with E-state index in [1.807, 2.05) is 54.6 Å². The zero-order chi connectivity index (χ0) is 16.3. The lowest BCUT2D eigenvalue weighted by Crippen LogP contribution is -2.38. The molecule has 0 bridgehead atoms. The highest BCUT2D eigenvalue weighted by atomic mass is 127. The van der Waals surface area contributed by atoms with Crippen molar-refractivity contribution in [3.05, 3.63) is 60.2 Å². The van der Waals surface area contributed by atoms with Crippen molar-refractivity contribution in [1.82, 2.24) is 10.6 Å². The van der Waals surface area contributed by atoms with Gasteiger partial charge in [0.15, 0.2) is 5.96 Å². The van der Waals surface area contributed by atoms with E-state index in [-0.39, 0.29) is 24.0 Å². The van der Waals surface area contributed by atoms with Crippen molar-refractivity contribution in [1.29, 1.82) is 0 Å². The number of benzene rings is 2. The Hall–Kier alpha value is -1.80. The van der Waals surface area contributed by atoms with Crippen LogP contribution in [0.2, 0.25) is 0 Å². The van der Waals surface area contributed by atoms with Gasteiger partial charge in [-0.1, -0.05) is 30.3 Å². The quantitative estimate of drug-likeness (QED) is 0.299. The van der Waals surface area contributed by atoms with Gasteiger partial charge < -0.3 is 20.1 Å². The number of rotatable bonds is 7. The minimum absolute atomic E-state index is 0. The second-order valence-corrected chi connectivity index (χ2v) is 4.91. The summed E-state index contributed by atoms with van der Waals surface area (Å²) in [5.41, 5.74) is 1.12. The van der Waals surface area contributed by atoms with Gasteiger partial charge in [0, 0.05) is 27.2 Å². The first kappa shape index (κ1) is 20.2. The molecule has 0 fully saturated rings. The van der Waals surface area contributed by atoms with Crippen molar-refractivity contribution in [2.45, 2.75) is 6.54 Å². The molecular weight excluding hydrogens is 417 g/mol. The van der Waals surface area contributed by atoms with Crippen LogP contribution in [0.25, 0.3) is 0 Å². The highest BCUT2D eigenvalue weighted by Crippen LogP contribution is 2.21. The fraction of sp³-hybridized carbons (Fsp3) is 0.278. The van der Waals surface area contributed by atoms with Crippen molar-refractivity contribution < 1.29 is 9.47 Å². The van der Waals surface area contributed by atoms with Gasteiger partial charge in [0.25, 0.3) is 0 Å². The molecule has 0 aliphatic rings. The third kappa shape index (κ3) is 7.18. The second kappa shape index (κ2) is 11.7. The smallest absolute Gasteiger partial charge is 0.191 e. The summed E-state index contributed by atoms with van der Waals surface area (Å²) in [6.45, 7) is 2.02. The van der Waals surface area contributed by atoms with Gasteiger partial charge in [0.2, 0.25) is 0 Å². The van der Waals surface area contributed by atoms with E-state index in [1.54, 1.807) is 14.2 Å². The summed E-state index contributed by atoms with van der Waals surface area (Å²) < 4.78 is 10.9. The summed E-state index contributed by atoms with van der Waals surface area (Å²) >= 11 is 0. The SMILES string of the molecule is CN=C(NCCOC)NCc1cccc(Oc2ccccc2)c1.I. The molecule has 5 nitrogen and oxygen atoms in total. The lowest BCUT2D eigenvalue weighted by atomic mass is 10.2. The van der Waals surface area contributed by atoms with Crippen LogP contribution in [0.1, 0.15) is 5.56 Å². The number of methoxy groups -OCH3 is 1. The highest BCUT2D eigenvalue weighted by Gasteiger charge is 2.01. The number of hydrogen-bond acceptors (Lipinski definition) is 3. The van der Waals surface area contributed by atoms with Crippen LogP contribution in [0.5, 0.6) is 11.5 Å². The number of nitrogens with one attached hydrogen (secondary N) is 2. The minimum atomic E-state index is 0. The van der Waals surface area contributed by atoms with Gasteiger partial charge in [-0.15, -0.1) is 24.0 Å². The Balaban J connectivity index is 0.00000288. The van der Waals surface area contributed by atoms with Gasteiger partial charge in [-0.25, -0.2) is 0 Å². The minimum Gasteiger partial charge on any atom is -0.457 e. The van der Waals surface area contributed by atoms with Gasteiger partial charge in [-0.3, -0.25) is 4.99 Å². The van der Waals surface area contributed by atoms with Crippen LogP contribution in [0, 0.1) is 0 Å². The third-order valence-corrected chi connectivity index (χ3v) is 3.16. The second-order valence-electron chi connectivity index (χ2n) is 4.91. The Morgan fingerprint density at radius 3 is 2.46 bits per heavy atom. The van der Waals surface area contributed by atoms with Crippen molar-refractivity contribution in [2.24, 2.45) is 4.99 Å². The van der Waals surface area contributed by atoms with Crippen LogP contribution < -0.4 is 15.4 Å². The number of nitrogens with zero attached hydrogens (tertiary/aromatic N) is 1. The van der Waals surface area contributed by atoms with Crippen LogP contribution in [0.15, 0.2) is 59.6 Å². The largest absolute Gasteiger partial charge is 0.457 e. The maximum absolute atomic E-state index is 5.84. The van der Waals surface area contributed by atoms with Crippen LogP contribution >= 0.6 is 24.0 Å². The first-order valence-electron chi connectivity index (χ1n) is 7.57. The lowest BCUT2D eigenvalue weighted by molar-refractivity contribution is 0.203. The zero-order valence-electron chi connectivity index (χ0n) is 14.0. The Bertz CT molecular complexity index is 621. The monoisotopic (exact) mass is 441 g/mol. The summed E-state index contributed by atoms with van der Waals surface area (Å²) in [6, 6.07) is 17.7. The topological polar surface area (TPSA) is 54.9 Å². The normalized spacial score (nSPS) is 10.7. The highest BCUT2D eigenvalue weighted by molar-refractivity contribution is 14.0. The molecule has 0 aromatic heterocycles. The molecule has 0 spiro atoms. The fourth-order valence-corrected chi connectivity index (χ4v) is 2.02. The standard InChI is InChI=1S/C18H23N3O2.HI/c1-19-18(20-11-12-22-2)21-14-15-7-6-10-17(13-15)23-16-8-4-3-5-9-16;/h3-10,13H,11-12,14H2,1-2H3,(H2,19,20,21);1H. The van der Waals surface area contributed by atoms with E-state index in [0.29, 0.717) is 19.7 Å². The van der Waals surface area contributed by atoms with Crippen LogP contribution in [0.3, 0.4) is 0 Å². The van der Waals surface area contributed by atoms with E-state index in [2.05, 4.69) is 15.6 Å². The molecule has 0 unspecified atom stereocenters. The van der Waals surface area contributed by atoms with Crippen LogP contribution in [-0.4, -0.2) is 33.3 Å². The van der Waals surface area contributed by atoms with Gasteiger partial charge >= 0.3 is 0 Å². The predicted octanol–water partition coefficient (Wildman–Crippen LogP) is 3.41. The number of para-hydroxylation sites is 1. The lowest BCUT2D eigenvalue weighted by Gasteiger charge is -2.12. The summed E-state index contributed by atoms with van der Waals surface area (Å²) in [5.74, 6) is 2.39. The molecule has 2 rings (SSSR count). The molecule has 0 amide bonds. The van der Waals surface area contributed by atoms with E-state index in [1.165, 1.54) is 0 Å². The van der Waals surface area contributed by atoms with Crippen molar-refractivity contribution >= 4 is 29.9 Å². The van der Waals surface area contributed by atoms with Gasteiger partial charge in [-0.05, 0) is 29.8 Å². The van der Waals surface area contributed by atoms with Crippen LogP contribution in [0.4, 0.5) is 0 Å². The Morgan fingerprint density at radius 2 is 1.75 bits per heavy atom. The number of ether oxygens (including phenoxy) is 2. The molecule has 0 aliphatic heterocycles. The van der Waals surface area contributed by atoms with Gasteiger partial charge in [-0.2, -0.15) is 0 Å². The molecule has 2 N–H and O–H groups in total. The van der Waals surface area contributed by atoms with Crippen molar-refractivity contribution in [2.75, 3.05) is 27.3 Å². The number of guanidine groups is 1. The number of hydrogen-bond donors (Lipinski definition) is 2. The Kier molecular flexibility index (Phi) is 9.86. The fourth-order valence-electron chi connectivity index (χ4n) is 2.02. The first-order chi connectivity index (χ1) is 11.3. The summed E-state index contributed by atoms with van der Waals surface area (Å²) in [6.07, 6.45) is 0. The van der Waals surface area contributed by atoms with E-state index < -0.39 is 0 Å². The molecule has 6 heteroatoms. The summed E-state index contributed by atoms with van der Waals surface area (Å²) in [4.78, 5) is 4.17. The molecule has 2 aromatic carbocycles. The molecule has 0 saturated carbocycles. The Labute approximate surface area is 160 Å². The summed E-state index contributed by atoms with van der Waals surface area (Å²) in [5, 5.41) is 6.44. The van der Waals surface area contributed by atoms with Crippen LogP contribution in [-0.2, 0) is 11.3 Å². The Morgan fingerprint density at radius 1 is 1.00 bits per heavy atom. The molecule has 0 heterocycles. The van der Waals surface area contributed by atoms with Crippen molar-refractivity contribution in [3.8, 4) is 11.5 Å². The number of aliphatic imine (C=N–C) groups is 1. The maximum atomic E-state index is 5.84. The van der Waals surface area contributed by atoms with E-state index in [9.17, 15) is 0 Å². The molecule has 0 atom stereocenters. The average Bonchev–Trinajstić information content (AvgIpc) is 2.59. The van der Waals surface area contributed by atoms with E-state index >= 15 is 0 Å². The molecule has 24 heavy (non-hydrogen) atoms. The molecule has 130 valence electrons. The summed E-state index contributed by atoms with van der Waals surface area (Å²) in [7, 11) is 3.42. The first-order valence-corrected chi connectivity index (χ1v) is 7.57.